The standard InChI is InChI=1S/C11H10N4O/c12-4-8(5-13)7-3-10-9(14-6-7)1-2-11(16)15-10/h1-6,12H,13H2,(H,15,16). The smallest absolute Gasteiger partial charge is 0.248 e. The largest absolute Gasteiger partial charge is 0.404 e. The van der Waals surface area contributed by atoms with Crippen molar-refractivity contribution in [1.29, 1.82) is 5.41 Å². The maximum Gasteiger partial charge on any atom is 0.248 e. The van der Waals surface area contributed by atoms with Crippen molar-refractivity contribution in [1.82, 2.24) is 9.97 Å². The molecule has 0 aliphatic carbocycles. The Bertz CT molecular complexity index is 627. The van der Waals surface area contributed by atoms with Gasteiger partial charge in [-0.05, 0) is 12.1 Å². The van der Waals surface area contributed by atoms with Crippen LogP contribution < -0.4 is 11.3 Å². The molecule has 5 nitrogen and oxygen atoms in total. The van der Waals surface area contributed by atoms with Crippen molar-refractivity contribution in [2.45, 2.75) is 0 Å². The first-order chi connectivity index (χ1) is 7.74. The zero-order chi connectivity index (χ0) is 11.5. The van der Waals surface area contributed by atoms with Crippen LogP contribution in [0.15, 0.2) is 35.4 Å². The quantitative estimate of drug-likeness (QED) is 0.647. The molecule has 2 heterocycles. The number of aromatic nitrogens is 2. The minimum atomic E-state index is -0.181. The van der Waals surface area contributed by atoms with Gasteiger partial charge in [-0.25, -0.2) is 0 Å². The predicted octanol–water partition coefficient (Wildman–Crippen LogP) is 0.872. The molecule has 5 heteroatoms. The highest BCUT2D eigenvalue weighted by molar-refractivity contribution is 6.08. The number of allylic oxidation sites excluding steroid dienone is 1. The molecule has 0 saturated heterocycles. The highest BCUT2D eigenvalue weighted by Gasteiger charge is 2.01. The molecule has 2 rings (SSSR count). The van der Waals surface area contributed by atoms with Crippen LogP contribution in [0.1, 0.15) is 5.56 Å². The van der Waals surface area contributed by atoms with Crippen LogP contribution in [0.2, 0.25) is 0 Å². The van der Waals surface area contributed by atoms with Gasteiger partial charge in [-0.15, -0.1) is 0 Å². The first kappa shape index (κ1) is 10.1. The van der Waals surface area contributed by atoms with Crippen LogP contribution in [-0.4, -0.2) is 16.2 Å². The molecule has 2 aromatic heterocycles. The highest BCUT2D eigenvalue weighted by Crippen LogP contribution is 2.14. The lowest BCUT2D eigenvalue weighted by atomic mass is 10.1. The van der Waals surface area contributed by atoms with Gasteiger partial charge in [-0.3, -0.25) is 9.78 Å². The van der Waals surface area contributed by atoms with Crippen molar-refractivity contribution in [3.63, 3.8) is 0 Å². The molecule has 0 unspecified atom stereocenters. The minimum Gasteiger partial charge on any atom is -0.404 e. The SMILES string of the molecule is N=CC(=CN)c1cnc2ccc(=O)[nH]c2c1. The highest BCUT2D eigenvalue weighted by atomic mass is 16.1. The fourth-order valence-corrected chi connectivity index (χ4v) is 1.42. The summed E-state index contributed by atoms with van der Waals surface area (Å²) >= 11 is 0. The number of nitrogens with zero attached hydrogens (tertiary/aromatic N) is 1. The van der Waals surface area contributed by atoms with Gasteiger partial charge in [0.2, 0.25) is 5.56 Å². The van der Waals surface area contributed by atoms with Crippen LogP contribution in [0, 0.1) is 5.41 Å². The summed E-state index contributed by atoms with van der Waals surface area (Å²) in [6, 6.07) is 4.81. The van der Waals surface area contributed by atoms with Gasteiger partial charge in [0, 0.05) is 35.8 Å². The van der Waals surface area contributed by atoms with Gasteiger partial charge in [-0.2, -0.15) is 0 Å². The average Bonchev–Trinajstić information content (AvgIpc) is 2.30. The molecule has 0 atom stereocenters. The Balaban J connectivity index is 2.67. The second kappa shape index (κ2) is 3.98. The van der Waals surface area contributed by atoms with Crippen LogP contribution in [-0.2, 0) is 0 Å². The number of fused-ring (bicyclic) bond motifs is 1. The number of rotatable bonds is 2. The van der Waals surface area contributed by atoms with Gasteiger partial charge in [-0.1, -0.05) is 0 Å². The van der Waals surface area contributed by atoms with Gasteiger partial charge in [0.15, 0.2) is 0 Å². The molecular formula is C11H10N4O. The Hall–Kier alpha value is -2.43. The van der Waals surface area contributed by atoms with Gasteiger partial charge >= 0.3 is 0 Å². The lowest BCUT2D eigenvalue weighted by molar-refractivity contribution is 1.27. The third kappa shape index (κ3) is 1.70. The van der Waals surface area contributed by atoms with E-state index in [2.05, 4.69) is 9.97 Å². The maximum atomic E-state index is 11.1. The Morgan fingerprint density at radius 3 is 3.00 bits per heavy atom. The Morgan fingerprint density at radius 2 is 2.31 bits per heavy atom. The van der Waals surface area contributed by atoms with E-state index in [1.165, 1.54) is 12.3 Å². The zero-order valence-corrected chi connectivity index (χ0v) is 8.40. The van der Waals surface area contributed by atoms with E-state index in [-0.39, 0.29) is 5.56 Å². The van der Waals surface area contributed by atoms with E-state index in [0.29, 0.717) is 22.2 Å². The molecule has 0 bridgehead atoms. The molecule has 2 aromatic rings. The molecule has 0 amide bonds. The molecule has 0 saturated carbocycles. The van der Waals surface area contributed by atoms with Gasteiger partial charge in [0.25, 0.3) is 0 Å². The van der Waals surface area contributed by atoms with E-state index >= 15 is 0 Å². The number of aromatic amines is 1. The molecule has 16 heavy (non-hydrogen) atoms. The summed E-state index contributed by atoms with van der Waals surface area (Å²) in [5, 5.41) is 7.17. The van der Waals surface area contributed by atoms with E-state index in [1.807, 2.05) is 0 Å². The third-order valence-electron chi connectivity index (χ3n) is 2.24. The Kier molecular flexibility index (Phi) is 2.51. The maximum absolute atomic E-state index is 11.1. The fraction of sp³-hybridized carbons (Fsp3) is 0. The second-order valence-corrected chi connectivity index (χ2v) is 3.25. The second-order valence-electron chi connectivity index (χ2n) is 3.25. The normalized spacial score (nSPS) is 11.6. The Labute approximate surface area is 91.1 Å². The van der Waals surface area contributed by atoms with E-state index in [4.69, 9.17) is 11.1 Å². The van der Waals surface area contributed by atoms with Crippen molar-refractivity contribution >= 4 is 22.8 Å². The topological polar surface area (TPSA) is 95.6 Å². The summed E-state index contributed by atoms with van der Waals surface area (Å²) in [5.74, 6) is 0. The number of H-pyrrole nitrogens is 1. The molecule has 0 spiro atoms. The molecule has 0 fully saturated rings. The summed E-state index contributed by atoms with van der Waals surface area (Å²) in [4.78, 5) is 18.0. The van der Waals surface area contributed by atoms with Crippen LogP contribution in [0.4, 0.5) is 0 Å². The lowest BCUT2D eigenvalue weighted by Gasteiger charge is -2.02. The van der Waals surface area contributed by atoms with Crippen LogP contribution in [0.3, 0.4) is 0 Å². The zero-order valence-electron chi connectivity index (χ0n) is 8.40. The van der Waals surface area contributed by atoms with Crippen molar-refractivity contribution in [3.8, 4) is 0 Å². The number of hydrogen-bond acceptors (Lipinski definition) is 4. The van der Waals surface area contributed by atoms with Gasteiger partial charge in [0.1, 0.15) is 0 Å². The minimum absolute atomic E-state index is 0.181. The molecule has 0 aromatic carbocycles. The first-order valence-electron chi connectivity index (χ1n) is 4.66. The third-order valence-corrected chi connectivity index (χ3v) is 2.24. The van der Waals surface area contributed by atoms with Crippen LogP contribution >= 0.6 is 0 Å². The fourth-order valence-electron chi connectivity index (χ4n) is 1.42. The lowest BCUT2D eigenvalue weighted by Crippen LogP contribution is -2.03. The van der Waals surface area contributed by atoms with E-state index in [9.17, 15) is 4.79 Å². The van der Waals surface area contributed by atoms with E-state index in [1.54, 1.807) is 18.3 Å². The van der Waals surface area contributed by atoms with Crippen molar-refractivity contribution in [3.05, 3.63) is 46.5 Å². The molecule has 0 radical (unpaired) electrons. The summed E-state index contributed by atoms with van der Waals surface area (Å²) in [6.45, 7) is 0. The molecule has 4 N–H and O–H groups in total. The van der Waals surface area contributed by atoms with E-state index < -0.39 is 0 Å². The number of nitrogens with one attached hydrogen (secondary N) is 2. The molecule has 80 valence electrons. The number of hydrogen-bond donors (Lipinski definition) is 3. The summed E-state index contributed by atoms with van der Waals surface area (Å²) in [6.07, 6.45) is 4.09. The summed E-state index contributed by atoms with van der Waals surface area (Å²) in [7, 11) is 0. The Morgan fingerprint density at radius 1 is 1.50 bits per heavy atom. The summed E-state index contributed by atoms with van der Waals surface area (Å²) < 4.78 is 0. The monoisotopic (exact) mass is 214 g/mol. The molecular weight excluding hydrogens is 204 g/mol. The first-order valence-corrected chi connectivity index (χ1v) is 4.66. The van der Waals surface area contributed by atoms with Crippen molar-refractivity contribution in [2.24, 2.45) is 5.73 Å². The van der Waals surface area contributed by atoms with Crippen LogP contribution in [0.25, 0.3) is 16.6 Å². The average molecular weight is 214 g/mol. The summed E-state index contributed by atoms with van der Waals surface area (Å²) in [5.41, 5.74) is 7.78. The molecule has 0 aliphatic rings. The predicted molar refractivity (Wildman–Crippen MR) is 63.3 cm³/mol. The van der Waals surface area contributed by atoms with Crippen molar-refractivity contribution in [2.75, 3.05) is 0 Å². The number of nitrogens with two attached hydrogens (primary N) is 1. The van der Waals surface area contributed by atoms with Crippen molar-refractivity contribution < 1.29 is 0 Å². The van der Waals surface area contributed by atoms with Gasteiger partial charge < -0.3 is 16.1 Å². The number of pyridine rings is 2. The van der Waals surface area contributed by atoms with E-state index in [0.717, 1.165) is 6.21 Å². The molecule has 0 aliphatic heterocycles. The van der Waals surface area contributed by atoms with Gasteiger partial charge in [0.05, 0.1) is 11.0 Å². The van der Waals surface area contributed by atoms with Crippen LogP contribution in [0.5, 0.6) is 0 Å².